The number of rotatable bonds is 7. The number of benzene rings is 2. The largest absolute Gasteiger partial charge is 0.418 e. The summed E-state index contributed by atoms with van der Waals surface area (Å²) in [6.45, 7) is 7.81. The van der Waals surface area contributed by atoms with E-state index in [9.17, 15) is 21.6 Å². The zero-order chi connectivity index (χ0) is 28.7. The Morgan fingerprint density at radius 1 is 1.02 bits per heavy atom. The number of hydrogen-bond acceptors (Lipinski definition) is 8. The average molecular weight is 575 g/mol. The van der Waals surface area contributed by atoms with E-state index in [1.807, 2.05) is 20.8 Å². The number of para-hydroxylation sites is 1. The van der Waals surface area contributed by atoms with E-state index in [1.165, 1.54) is 10.4 Å². The first-order valence-electron chi connectivity index (χ1n) is 12.8. The van der Waals surface area contributed by atoms with E-state index in [4.69, 9.17) is 4.52 Å². The highest BCUT2D eigenvalue weighted by Gasteiger charge is 2.34. The number of nitrogens with zero attached hydrogens (tertiary/aromatic N) is 5. The van der Waals surface area contributed by atoms with Crippen LogP contribution in [0.3, 0.4) is 0 Å². The predicted molar refractivity (Wildman–Crippen MR) is 144 cm³/mol. The van der Waals surface area contributed by atoms with Gasteiger partial charge in [0.2, 0.25) is 10.0 Å². The van der Waals surface area contributed by atoms with Crippen molar-refractivity contribution in [3.63, 3.8) is 0 Å². The van der Waals surface area contributed by atoms with Gasteiger partial charge in [0.15, 0.2) is 0 Å². The molecule has 0 bridgehead atoms. The van der Waals surface area contributed by atoms with Gasteiger partial charge in [-0.05, 0) is 50.6 Å². The Balaban J connectivity index is 1.21. The molecular formula is C27H29F3N6O3S. The Labute approximate surface area is 230 Å². The molecule has 1 aliphatic heterocycles. The predicted octanol–water partition coefficient (Wildman–Crippen LogP) is 4.73. The Morgan fingerprint density at radius 3 is 2.35 bits per heavy atom. The van der Waals surface area contributed by atoms with Crippen molar-refractivity contribution in [2.24, 2.45) is 0 Å². The van der Waals surface area contributed by atoms with Crippen LogP contribution in [-0.2, 0) is 16.2 Å². The third-order valence-corrected chi connectivity index (χ3v) is 8.94. The van der Waals surface area contributed by atoms with Crippen LogP contribution in [0.2, 0.25) is 0 Å². The summed E-state index contributed by atoms with van der Waals surface area (Å²) in [4.78, 5) is 10.4. The van der Waals surface area contributed by atoms with E-state index < -0.39 is 21.8 Å². The molecule has 0 amide bonds. The monoisotopic (exact) mass is 574 g/mol. The first-order valence-corrected chi connectivity index (χ1v) is 14.2. The van der Waals surface area contributed by atoms with Crippen LogP contribution in [0.4, 0.5) is 19.0 Å². The van der Waals surface area contributed by atoms with Gasteiger partial charge in [0.1, 0.15) is 17.9 Å². The van der Waals surface area contributed by atoms with Crippen LogP contribution in [0, 0.1) is 13.8 Å². The van der Waals surface area contributed by atoms with Crippen LogP contribution in [0.25, 0.3) is 22.0 Å². The fraction of sp³-hybridized carbons (Fsp3) is 0.370. The van der Waals surface area contributed by atoms with Gasteiger partial charge < -0.3 is 9.84 Å². The van der Waals surface area contributed by atoms with Gasteiger partial charge in [-0.25, -0.2) is 18.4 Å². The number of fused-ring (bicyclic) bond motifs is 1. The molecule has 1 atom stereocenters. The summed E-state index contributed by atoms with van der Waals surface area (Å²) in [6.07, 6.45) is -3.40. The van der Waals surface area contributed by atoms with Crippen molar-refractivity contribution in [2.75, 3.05) is 38.0 Å². The minimum absolute atomic E-state index is 0.154. The Kier molecular flexibility index (Phi) is 7.55. The Bertz CT molecular complexity index is 1600. The summed E-state index contributed by atoms with van der Waals surface area (Å²) in [7, 11) is -3.67. The van der Waals surface area contributed by atoms with Gasteiger partial charge in [0, 0.05) is 49.7 Å². The molecule has 0 radical (unpaired) electrons. The number of aromatic nitrogens is 3. The lowest BCUT2D eigenvalue weighted by atomic mass is 10.0. The summed E-state index contributed by atoms with van der Waals surface area (Å²) in [6, 6.07) is 10.5. The highest BCUT2D eigenvalue weighted by atomic mass is 32.2. The van der Waals surface area contributed by atoms with Crippen LogP contribution in [0.1, 0.15) is 23.9 Å². The molecule has 5 rings (SSSR count). The summed E-state index contributed by atoms with van der Waals surface area (Å²) in [5.74, 6) is 0.997. The second-order valence-corrected chi connectivity index (χ2v) is 11.8. The lowest BCUT2D eigenvalue weighted by molar-refractivity contribution is -0.136. The second-order valence-electron chi connectivity index (χ2n) is 9.90. The zero-order valence-electron chi connectivity index (χ0n) is 22.2. The molecule has 1 saturated heterocycles. The number of nitrogens with one attached hydrogen (secondary N) is 1. The molecule has 40 heavy (non-hydrogen) atoms. The minimum atomic E-state index is -4.52. The molecule has 3 heterocycles. The van der Waals surface area contributed by atoms with Gasteiger partial charge in [-0.1, -0.05) is 23.4 Å². The number of halogens is 3. The van der Waals surface area contributed by atoms with E-state index in [0.29, 0.717) is 49.7 Å². The lowest BCUT2D eigenvalue weighted by Gasteiger charge is -2.35. The quantitative estimate of drug-likeness (QED) is 0.338. The number of alkyl halides is 3. The highest BCUT2D eigenvalue weighted by molar-refractivity contribution is 7.89. The van der Waals surface area contributed by atoms with Crippen molar-refractivity contribution in [1.29, 1.82) is 0 Å². The molecule has 0 spiro atoms. The third kappa shape index (κ3) is 5.54. The Morgan fingerprint density at radius 2 is 1.73 bits per heavy atom. The van der Waals surface area contributed by atoms with E-state index in [-0.39, 0.29) is 16.5 Å². The average Bonchev–Trinajstić information content (AvgIpc) is 3.26. The molecule has 1 unspecified atom stereocenters. The van der Waals surface area contributed by atoms with E-state index in [1.54, 1.807) is 30.3 Å². The van der Waals surface area contributed by atoms with Crippen molar-refractivity contribution < 1.29 is 26.1 Å². The van der Waals surface area contributed by atoms with Gasteiger partial charge in [0.05, 0.1) is 21.7 Å². The molecule has 1 aliphatic rings. The first-order chi connectivity index (χ1) is 18.9. The SMILES string of the molecule is Cc1noc(C)c1-c1ccc(S(=O)(=O)N2CCN(CC(C)Nc3ncnc4c(C(F)(F)F)cccc34)CC2)cc1. The highest BCUT2D eigenvalue weighted by Crippen LogP contribution is 2.35. The number of sulfonamides is 1. The van der Waals surface area contributed by atoms with Gasteiger partial charge >= 0.3 is 6.18 Å². The molecule has 1 N–H and O–H groups in total. The second kappa shape index (κ2) is 10.8. The van der Waals surface area contributed by atoms with Crippen LogP contribution in [-0.4, -0.2) is 71.5 Å². The van der Waals surface area contributed by atoms with Gasteiger partial charge in [-0.2, -0.15) is 17.5 Å². The third-order valence-electron chi connectivity index (χ3n) is 7.03. The zero-order valence-corrected chi connectivity index (χ0v) is 23.1. The fourth-order valence-corrected chi connectivity index (χ4v) is 6.51. The molecule has 9 nitrogen and oxygen atoms in total. The fourth-order valence-electron chi connectivity index (χ4n) is 5.09. The standard InChI is InChI=1S/C27H29F3N6O3S/c1-17(33-26-22-5-4-6-23(27(28,29)30)25(22)31-16-32-26)15-35-11-13-36(14-12-35)40(37,38)21-9-7-20(8-10-21)24-18(2)34-39-19(24)3/h4-10,16-17H,11-15H2,1-3H3,(H,31,32,33). The van der Waals surface area contributed by atoms with Gasteiger partial charge in [0.25, 0.3) is 0 Å². The normalized spacial score (nSPS) is 16.4. The van der Waals surface area contributed by atoms with Gasteiger partial charge in [-0.15, -0.1) is 0 Å². The summed E-state index contributed by atoms with van der Waals surface area (Å²) < 4.78 is 73.5. The molecule has 13 heteroatoms. The smallest absolute Gasteiger partial charge is 0.366 e. The molecule has 2 aromatic carbocycles. The number of aryl methyl sites for hydroxylation is 2. The van der Waals surface area contributed by atoms with E-state index in [0.717, 1.165) is 29.2 Å². The Hall–Kier alpha value is -3.55. The molecular weight excluding hydrogens is 545 g/mol. The molecule has 2 aromatic heterocycles. The molecule has 0 saturated carbocycles. The number of hydrogen-bond donors (Lipinski definition) is 1. The molecule has 0 aliphatic carbocycles. The van der Waals surface area contributed by atoms with Crippen LogP contribution >= 0.6 is 0 Å². The van der Waals surface area contributed by atoms with Crippen LogP contribution in [0.15, 0.2) is 58.2 Å². The maximum atomic E-state index is 13.4. The lowest BCUT2D eigenvalue weighted by Crippen LogP contribution is -2.50. The number of piperazine rings is 1. The maximum Gasteiger partial charge on any atom is 0.418 e. The van der Waals surface area contributed by atoms with Crippen molar-refractivity contribution in [1.82, 2.24) is 24.3 Å². The van der Waals surface area contributed by atoms with E-state index >= 15 is 0 Å². The van der Waals surface area contributed by atoms with Crippen molar-refractivity contribution in [3.05, 3.63) is 65.8 Å². The van der Waals surface area contributed by atoms with Crippen LogP contribution in [0.5, 0.6) is 0 Å². The van der Waals surface area contributed by atoms with Crippen molar-refractivity contribution >= 4 is 26.7 Å². The van der Waals surface area contributed by atoms with Crippen molar-refractivity contribution in [3.8, 4) is 11.1 Å². The van der Waals surface area contributed by atoms with Crippen LogP contribution < -0.4 is 5.32 Å². The number of anilines is 1. The summed E-state index contributed by atoms with van der Waals surface area (Å²) in [5, 5.41) is 7.45. The summed E-state index contributed by atoms with van der Waals surface area (Å²) in [5.41, 5.74) is 1.48. The summed E-state index contributed by atoms with van der Waals surface area (Å²) >= 11 is 0. The van der Waals surface area contributed by atoms with Crippen molar-refractivity contribution in [2.45, 2.75) is 37.9 Å². The first kappa shape index (κ1) is 28.0. The minimum Gasteiger partial charge on any atom is -0.366 e. The van der Waals surface area contributed by atoms with E-state index in [2.05, 4.69) is 25.3 Å². The maximum absolute atomic E-state index is 13.4. The molecule has 4 aromatic rings. The van der Waals surface area contributed by atoms with Gasteiger partial charge in [-0.3, -0.25) is 4.90 Å². The molecule has 1 fully saturated rings. The topological polar surface area (TPSA) is 104 Å². The molecule has 212 valence electrons.